The number of thiol groups is 1. The molecule has 14 heavy (non-hydrogen) atoms. The third-order valence-electron chi connectivity index (χ3n) is 1.70. The van der Waals surface area contributed by atoms with E-state index in [4.69, 9.17) is 5.73 Å². The Balaban J connectivity index is 2.82. The van der Waals surface area contributed by atoms with Crippen molar-refractivity contribution in [1.82, 2.24) is 0 Å². The van der Waals surface area contributed by atoms with E-state index in [1.165, 1.54) is 0 Å². The Labute approximate surface area is 92.6 Å². The van der Waals surface area contributed by atoms with Gasteiger partial charge in [0.05, 0.1) is 0 Å². The van der Waals surface area contributed by atoms with Crippen LogP contribution in [0.4, 0.5) is 0 Å². The molecule has 2 N–H and O–H groups in total. The Kier molecular flexibility index (Phi) is 4.52. The van der Waals surface area contributed by atoms with E-state index in [0.717, 1.165) is 0 Å². The van der Waals surface area contributed by atoms with Crippen molar-refractivity contribution in [1.29, 1.82) is 0 Å². The van der Waals surface area contributed by atoms with Gasteiger partial charge < -0.3 is 0 Å². The quantitative estimate of drug-likeness (QED) is 0.583. The average Bonchev–Trinajstić information content (AvgIpc) is 2.27. The summed E-state index contributed by atoms with van der Waals surface area (Å²) in [7, 11) is 0. The molecule has 0 saturated carbocycles. The number of hydrogen-bond donors (Lipinski definition) is 2. The molecular formula is C9H11AsNO2S. The van der Waals surface area contributed by atoms with Crippen molar-refractivity contribution in [3.63, 3.8) is 0 Å². The Morgan fingerprint density at radius 3 is 2.50 bits per heavy atom. The maximum atomic E-state index is 11.7. The summed E-state index contributed by atoms with van der Waals surface area (Å²) in [5.41, 5.74) is 5.47. The first-order valence-electron chi connectivity index (χ1n) is 4.09. The SMILES string of the molecule is N[C@H](CS)C(=O)[As](=O)c1ccccc1. The molecule has 2 atom stereocenters. The number of carbonyl (C=O) groups is 1. The van der Waals surface area contributed by atoms with Crippen LogP contribution in [0.2, 0.25) is 0 Å². The summed E-state index contributed by atoms with van der Waals surface area (Å²) >= 11 is 1.04. The summed E-state index contributed by atoms with van der Waals surface area (Å²) in [6.45, 7) is 0. The van der Waals surface area contributed by atoms with Crippen molar-refractivity contribution in [3.05, 3.63) is 30.3 Å². The van der Waals surface area contributed by atoms with Crippen molar-refractivity contribution < 1.29 is 8.53 Å². The summed E-state index contributed by atoms with van der Waals surface area (Å²) in [6, 6.07) is 8.00. The first-order valence-corrected chi connectivity index (χ1v) is 7.37. The molecule has 3 nitrogen and oxygen atoms in total. The molecule has 0 saturated heterocycles. The van der Waals surface area contributed by atoms with E-state index in [0.29, 0.717) is 4.35 Å². The summed E-state index contributed by atoms with van der Waals surface area (Å²) in [5, 5.41) is 0. The first-order chi connectivity index (χ1) is 6.66. The van der Waals surface area contributed by atoms with Crippen LogP contribution in [-0.2, 0) is 8.53 Å². The van der Waals surface area contributed by atoms with E-state index in [1.807, 2.05) is 6.07 Å². The molecule has 0 aliphatic heterocycles. The zero-order valence-corrected chi connectivity index (χ0v) is 10.2. The standard InChI is InChI=1S/C9H11AsNO2S/c11-8(6-14)9(12)10(13)7-4-2-1-3-5-7/h1-5,8,14H,6,11H2/t8-/m1/s1. The normalized spacial score (nSPS) is 13.4. The van der Waals surface area contributed by atoms with Crippen LogP contribution >= 0.6 is 12.6 Å². The molecule has 0 aromatic heterocycles. The molecule has 1 radical (unpaired) electrons. The van der Waals surface area contributed by atoms with Gasteiger partial charge in [0.15, 0.2) is 0 Å². The zero-order valence-electron chi connectivity index (χ0n) is 7.46. The van der Waals surface area contributed by atoms with Crippen LogP contribution in [0.5, 0.6) is 0 Å². The van der Waals surface area contributed by atoms with Crippen LogP contribution in [0.25, 0.3) is 0 Å². The van der Waals surface area contributed by atoms with E-state index in [9.17, 15) is 8.53 Å². The Hall–Kier alpha value is -0.442. The van der Waals surface area contributed by atoms with E-state index in [1.54, 1.807) is 24.3 Å². The zero-order chi connectivity index (χ0) is 10.6. The van der Waals surface area contributed by atoms with Gasteiger partial charge in [0, 0.05) is 0 Å². The Bertz CT molecular complexity index is 342. The fourth-order valence-electron chi connectivity index (χ4n) is 0.919. The molecule has 0 heterocycles. The molecule has 0 aliphatic carbocycles. The van der Waals surface area contributed by atoms with Crippen molar-refractivity contribution in [2.45, 2.75) is 6.04 Å². The third kappa shape index (κ3) is 2.77. The number of benzene rings is 1. The molecule has 0 bridgehead atoms. The van der Waals surface area contributed by atoms with Gasteiger partial charge in [-0.15, -0.1) is 0 Å². The molecule has 1 unspecified atom stereocenters. The van der Waals surface area contributed by atoms with E-state index >= 15 is 0 Å². The van der Waals surface area contributed by atoms with Gasteiger partial charge in [-0.05, 0) is 0 Å². The molecule has 0 amide bonds. The van der Waals surface area contributed by atoms with Crippen LogP contribution in [0.1, 0.15) is 0 Å². The van der Waals surface area contributed by atoms with Crippen LogP contribution < -0.4 is 10.1 Å². The van der Waals surface area contributed by atoms with Crippen LogP contribution in [-0.4, -0.2) is 31.0 Å². The first kappa shape index (κ1) is 11.6. The maximum absolute atomic E-state index is 11.7. The van der Waals surface area contributed by atoms with Crippen molar-refractivity contribution in [2.24, 2.45) is 5.73 Å². The van der Waals surface area contributed by atoms with Crippen molar-refractivity contribution >= 4 is 36.1 Å². The molecule has 1 aromatic carbocycles. The van der Waals surface area contributed by atoms with E-state index in [2.05, 4.69) is 12.6 Å². The summed E-state index contributed by atoms with van der Waals surface area (Å²) < 4.78 is 11.9. The monoisotopic (exact) mass is 272 g/mol. The predicted molar refractivity (Wildman–Crippen MR) is 59.4 cm³/mol. The van der Waals surface area contributed by atoms with Gasteiger partial charge in [0.25, 0.3) is 0 Å². The van der Waals surface area contributed by atoms with Gasteiger partial charge in [0.2, 0.25) is 0 Å². The molecule has 0 aliphatic rings. The summed E-state index contributed by atoms with van der Waals surface area (Å²) in [4.78, 5) is 11.5. The topological polar surface area (TPSA) is 60.2 Å². The molecule has 1 rings (SSSR count). The van der Waals surface area contributed by atoms with Gasteiger partial charge in [-0.2, -0.15) is 0 Å². The Morgan fingerprint density at radius 2 is 2.00 bits per heavy atom. The minimum absolute atomic E-state index is 0.235. The van der Waals surface area contributed by atoms with Crippen LogP contribution in [0.15, 0.2) is 30.3 Å². The summed E-state index contributed by atoms with van der Waals surface area (Å²) in [5.74, 6) is 0.235. The average molecular weight is 272 g/mol. The third-order valence-corrected chi connectivity index (χ3v) is 5.24. The van der Waals surface area contributed by atoms with Crippen molar-refractivity contribution in [2.75, 3.05) is 5.75 Å². The van der Waals surface area contributed by atoms with Gasteiger partial charge in [-0.1, -0.05) is 0 Å². The fraction of sp³-hybridized carbons (Fsp3) is 0.222. The van der Waals surface area contributed by atoms with Gasteiger partial charge in [-0.3, -0.25) is 0 Å². The second kappa shape index (κ2) is 5.44. The second-order valence-electron chi connectivity index (χ2n) is 2.76. The Morgan fingerprint density at radius 1 is 1.43 bits per heavy atom. The summed E-state index contributed by atoms with van der Waals surface area (Å²) in [6.07, 6.45) is 0. The molecule has 75 valence electrons. The number of rotatable bonds is 4. The van der Waals surface area contributed by atoms with Crippen LogP contribution in [0, 0.1) is 0 Å². The van der Waals surface area contributed by atoms with E-state index < -0.39 is 20.6 Å². The molecular weight excluding hydrogens is 261 g/mol. The van der Waals surface area contributed by atoms with Gasteiger partial charge in [0.1, 0.15) is 0 Å². The van der Waals surface area contributed by atoms with E-state index in [-0.39, 0.29) is 10.3 Å². The number of nitrogens with two attached hydrogens (primary N) is 1. The number of hydrogen-bond acceptors (Lipinski definition) is 4. The second-order valence-corrected chi connectivity index (χ2v) is 6.37. The molecule has 5 heteroatoms. The fourth-order valence-corrected chi connectivity index (χ4v) is 3.68. The number of carbonyl (C=O) groups excluding carboxylic acids is 1. The predicted octanol–water partition coefficient (Wildman–Crippen LogP) is -0.319. The van der Waals surface area contributed by atoms with Gasteiger partial charge >= 0.3 is 92.5 Å². The molecule has 1 aromatic rings. The molecule has 0 spiro atoms. The molecule has 0 fully saturated rings. The van der Waals surface area contributed by atoms with Crippen molar-refractivity contribution in [3.8, 4) is 0 Å². The van der Waals surface area contributed by atoms with Gasteiger partial charge in [-0.25, -0.2) is 0 Å². The van der Waals surface area contributed by atoms with Crippen LogP contribution in [0.3, 0.4) is 0 Å². The minimum atomic E-state index is -2.86.